The van der Waals surface area contributed by atoms with Crippen molar-refractivity contribution in [2.24, 2.45) is 5.92 Å². The highest BCUT2D eigenvalue weighted by Crippen LogP contribution is 2.32. The van der Waals surface area contributed by atoms with E-state index in [1.54, 1.807) is 16.9 Å². The second-order valence-electron chi connectivity index (χ2n) is 9.66. The van der Waals surface area contributed by atoms with E-state index in [0.717, 1.165) is 31.4 Å². The number of ether oxygens (including phenoxy) is 4. The quantitative estimate of drug-likeness (QED) is 0.569. The molecule has 2 atom stereocenters. The second-order valence-corrected chi connectivity index (χ2v) is 9.66. The molecule has 4 aliphatic rings. The number of fused-ring (bicyclic) bond motifs is 2. The zero-order valence-corrected chi connectivity index (χ0v) is 21.1. The van der Waals surface area contributed by atoms with Crippen molar-refractivity contribution in [3.05, 3.63) is 76.7 Å². The van der Waals surface area contributed by atoms with Crippen molar-refractivity contribution in [3.63, 3.8) is 0 Å². The van der Waals surface area contributed by atoms with Crippen LogP contribution in [0.4, 0.5) is 4.79 Å². The number of amides is 1. The molecule has 1 amide bonds. The minimum atomic E-state index is -0.450. The Hall–Kier alpha value is -4.12. The Morgan fingerprint density at radius 2 is 2.08 bits per heavy atom. The number of hydrogen-bond donors (Lipinski definition) is 0. The summed E-state index contributed by atoms with van der Waals surface area (Å²) in [6, 6.07) is 3.17. The average molecular weight is 520 g/mol. The lowest BCUT2D eigenvalue weighted by molar-refractivity contribution is -0.0559. The largest absolute Gasteiger partial charge is 0.480 e. The lowest BCUT2D eigenvalue weighted by Gasteiger charge is -2.44. The molecule has 0 bridgehead atoms. The lowest BCUT2D eigenvalue weighted by Crippen LogP contribution is -2.55. The minimum Gasteiger partial charge on any atom is -0.480 e. The van der Waals surface area contributed by atoms with Gasteiger partial charge in [0.2, 0.25) is 11.8 Å². The molecular weight excluding hydrogens is 490 g/mol. The van der Waals surface area contributed by atoms with E-state index in [-0.39, 0.29) is 17.6 Å². The third kappa shape index (κ3) is 4.76. The summed E-state index contributed by atoms with van der Waals surface area (Å²) in [7, 11) is 1.52. The molecule has 11 nitrogen and oxygen atoms in total. The van der Waals surface area contributed by atoms with Crippen LogP contribution in [0, 0.1) is 5.92 Å². The first kappa shape index (κ1) is 24.2. The Morgan fingerprint density at radius 1 is 1.16 bits per heavy atom. The van der Waals surface area contributed by atoms with Crippen molar-refractivity contribution in [3.8, 4) is 5.88 Å². The van der Waals surface area contributed by atoms with Crippen LogP contribution in [0.1, 0.15) is 19.3 Å². The molecule has 0 unspecified atom stereocenters. The van der Waals surface area contributed by atoms with Crippen LogP contribution >= 0.6 is 0 Å². The van der Waals surface area contributed by atoms with E-state index in [1.807, 2.05) is 12.2 Å². The maximum Gasteiger partial charge on any atom is 0.417 e. The molecule has 0 aromatic carbocycles. The van der Waals surface area contributed by atoms with Crippen molar-refractivity contribution in [2.75, 3.05) is 33.3 Å². The highest BCUT2D eigenvalue weighted by atomic mass is 16.6. The van der Waals surface area contributed by atoms with Gasteiger partial charge in [0.1, 0.15) is 17.9 Å². The first-order chi connectivity index (χ1) is 18.6. The molecule has 5 heterocycles. The van der Waals surface area contributed by atoms with Crippen molar-refractivity contribution in [2.45, 2.75) is 31.9 Å². The van der Waals surface area contributed by atoms with Gasteiger partial charge in [-0.25, -0.2) is 14.7 Å². The van der Waals surface area contributed by atoms with Gasteiger partial charge in [-0.15, -0.1) is 0 Å². The summed E-state index contributed by atoms with van der Waals surface area (Å²) in [5.74, 6) is 1.47. The molecule has 2 saturated heterocycles. The zero-order valence-electron chi connectivity index (χ0n) is 21.1. The van der Waals surface area contributed by atoms with Gasteiger partial charge in [-0.05, 0) is 37.4 Å². The minimum absolute atomic E-state index is 0.147. The summed E-state index contributed by atoms with van der Waals surface area (Å²) in [5.41, 5.74) is 2.00. The second kappa shape index (κ2) is 10.3. The zero-order chi connectivity index (χ0) is 26.1. The van der Waals surface area contributed by atoms with Crippen molar-refractivity contribution >= 4 is 17.3 Å². The Kier molecular flexibility index (Phi) is 6.59. The number of carbonyl (C=O) groups excluding carboxylic acids is 1. The molecule has 0 spiro atoms. The SMILES string of the molecule is COc1cnc2ccc(=O)n(CCN3CC[C@@H]4CN(C5=COC=C(C6=CC=CCC6)O5)C(=O)O[C@H]4C3)c2n1. The first-order valence-electron chi connectivity index (χ1n) is 12.8. The van der Waals surface area contributed by atoms with Gasteiger partial charge < -0.3 is 18.9 Å². The molecule has 3 aliphatic heterocycles. The summed E-state index contributed by atoms with van der Waals surface area (Å²) in [6.45, 7) is 2.97. The highest BCUT2D eigenvalue weighted by molar-refractivity contribution is 5.71. The maximum atomic E-state index is 13.0. The van der Waals surface area contributed by atoms with Gasteiger partial charge in [0.05, 0.1) is 13.3 Å². The average Bonchev–Trinajstić information content (AvgIpc) is 2.96. The fraction of sp³-hybridized carbons (Fsp3) is 0.407. The standard InChI is InChI=1S/C27H29N5O6/c1-35-23-13-28-20-7-8-24(33)31(26(20)29-23)12-11-30-10-9-19-14-32(27(34)38-21(19)15-30)25-17-36-16-22(37-25)18-5-3-2-4-6-18/h2-3,5,7-8,13,16-17,19,21H,4,6,9-12,14-15H2,1H3/t19-,21+/m1/s1. The van der Waals surface area contributed by atoms with Crippen molar-refractivity contribution in [1.82, 2.24) is 24.3 Å². The highest BCUT2D eigenvalue weighted by Gasteiger charge is 2.41. The molecule has 0 saturated carbocycles. The van der Waals surface area contributed by atoms with Gasteiger partial charge in [0, 0.05) is 38.2 Å². The van der Waals surface area contributed by atoms with Crippen molar-refractivity contribution < 1.29 is 23.7 Å². The van der Waals surface area contributed by atoms with E-state index < -0.39 is 6.09 Å². The fourth-order valence-electron chi connectivity index (χ4n) is 5.23. The normalized spacial score (nSPS) is 23.4. The van der Waals surface area contributed by atoms with Gasteiger partial charge in [-0.2, -0.15) is 4.98 Å². The molecule has 38 heavy (non-hydrogen) atoms. The van der Waals surface area contributed by atoms with Gasteiger partial charge in [-0.3, -0.25) is 14.3 Å². The van der Waals surface area contributed by atoms with E-state index in [4.69, 9.17) is 18.9 Å². The van der Waals surface area contributed by atoms with Crippen LogP contribution in [0.3, 0.4) is 0 Å². The van der Waals surface area contributed by atoms with E-state index in [0.29, 0.717) is 54.9 Å². The third-order valence-electron chi connectivity index (χ3n) is 7.34. The monoisotopic (exact) mass is 519 g/mol. The Morgan fingerprint density at radius 3 is 2.92 bits per heavy atom. The predicted octanol–water partition coefficient (Wildman–Crippen LogP) is 2.91. The Balaban J connectivity index is 1.08. The topological polar surface area (TPSA) is 108 Å². The van der Waals surface area contributed by atoms with E-state index >= 15 is 0 Å². The van der Waals surface area contributed by atoms with Crippen LogP contribution in [-0.2, 0) is 20.8 Å². The number of methoxy groups -OCH3 is 1. The van der Waals surface area contributed by atoms with Crippen LogP contribution in [-0.4, -0.2) is 69.8 Å². The number of aromatic nitrogens is 3. The number of carbonyl (C=O) groups is 1. The number of allylic oxidation sites excluding steroid dienone is 4. The van der Waals surface area contributed by atoms with Crippen LogP contribution in [0.2, 0.25) is 0 Å². The molecular formula is C27H29N5O6. The molecule has 6 rings (SSSR count). The molecule has 2 fully saturated rings. The van der Waals surface area contributed by atoms with Gasteiger partial charge in [-0.1, -0.05) is 18.2 Å². The number of rotatable bonds is 6. The third-order valence-corrected chi connectivity index (χ3v) is 7.34. The smallest absolute Gasteiger partial charge is 0.417 e. The summed E-state index contributed by atoms with van der Waals surface area (Å²) in [5, 5.41) is 0. The predicted molar refractivity (Wildman–Crippen MR) is 137 cm³/mol. The molecule has 2 aromatic rings. The number of hydrogen-bond acceptors (Lipinski definition) is 9. The molecule has 2 aromatic heterocycles. The van der Waals surface area contributed by atoms with Gasteiger partial charge in [0.25, 0.3) is 5.56 Å². The molecule has 11 heteroatoms. The first-order valence-corrected chi connectivity index (χ1v) is 12.8. The Labute approximate surface area is 219 Å². The Bertz CT molecular complexity index is 1430. The van der Waals surface area contributed by atoms with Crippen LogP contribution in [0.15, 0.2) is 71.1 Å². The van der Waals surface area contributed by atoms with Crippen molar-refractivity contribution in [1.29, 1.82) is 0 Å². The van der Waals surface area contributed by atoms with Crippen LogP contribution in [0.25, 0.3) is 11.2 Å². The molecule has 1 aliphatic carbocycles. The summed E-state index contributed by atoms with van der Waals surface area (Å²) in [4.78, 5) is 38.1. The van der Waals surface area contributed by atoms with E-state index in [1.165, 1.54) is 30.5 Å². The molecule has 0 radical (unpaired) electrons. The number of pyridine rings is 1. The van der Waals surface area contributed by atoms with Crippen LogP contribution in [0.5, 0.6) is 5.88 Å². The lowest BCUT2D eigenvalue weighted by atomic mass is 9.92. The summed E-state index contributed by atoms with van der Waals surface area (Å²) >= 11 is 0. The maximum absolute atomic E-state index is 13.0. The number of likely N-dealkylation sites (tertiary alicyclic amines) is 1. The fourth-order valence-corrected chi connectivity index (χ4v) is 5.23. The van der Waals surface area contributed by atoms with Gasteiger partial charge >= 0.3 is 6.09 Å². The van der Waals surface area contributed by atoms with Crippen LogP contribution < -0.4 is 10.3 Å². The molecule has 198 valence electrons. The summed E-state index contributed by atoms with van der Waals surface area (Å²) < 4.78 is 24.2. The summed E-state index contributed by atoms with van der Waals surface area (Å²) in [6.07, 6.45) is 12.6. The molecule has 0 N–H and O–H groups in total. The van der Waals surface area contributed by atoms with E-state index in [2.05, 4.69) is 20.9 Å². The van der Waals surface area contributed by atoms with Gasteiger partial charge in [0.15, 0.2) is 17.7 Å². The number of piperidine rings is 1. The van der Waals surface area contributed by atoms with E-state index in [9.17, 15) is 9.59 Å². The number of nitrogens with zero attached hydrogens (tertiary/aromatic N) is 5.